The second-order valence-electron chi connectivity index (χ2n) is 6.40. The fourth-order valence-corrected chi connectivity index (χ4v) is 3.37. The van der Waals surface area contributed by atoms with E-state index in [1.54, 1.807) is 4.90 Å². The third-order valence-corrected chi connectivity index (χ3v) is 4.71. The van der Waals surface area contributed by atoms with Gasteiger partial charge in [-0.15, -0.1) is 0 Å². The number of ether oxygens (including phenoxy) is 1. The van der Waals surface area contributed by atoms with Crippen LogP contribution in [0.15, 0.2) is 36.9 Å². The van der Waals surface area contributed by atoms with E-state index in [0.717, 1.165) is 18.8 Å². The number of anilines is 1. The second-order valence-corrected chi connectivity index (χ2v) is 6.40. The van der Waals surface area contributed by atoms with Crippen molar-refractivity contribution >= 4 is 17.5 Å². The number of carbonyl (C=O) groups excluding carboxylic acids is 2. The average molecular weight is 343 g/mol. The topological polar surface area (TPSA) is 61.9 Å². The first-order valence-corrected chi connectivity index (χ1v) is 8.84. The third-order valence-electron chi connectivity index (χ3n) is 4.71. The molecule has 2 heterocycles. The summed E-state index contributed by atoms with van der Waals surface area (Å²) < 4.78 is 5.67. The van der Waals surface area contributed by atoms with Crippen LogP contribution in [-0.4, -0.2) is 62.1 Å². The van der Waals surface area contributed by atoms with E-state index in [0.29, 0.717) is 31.8 Å². The Morgan fingerprint density at radius 1 is 1.24 bits per heavy atom. The molecule has 2 amide bonds. The van der Waals surface area contributed by atoms with Crippen LogP contribution in [-0.2, 0) is 9.53 Å². The average Bonchev–Trinajstić information content (AvgIpc) is 3.20. The monoisotopic (exact) mass is 343 g/mol. The molecule has 25 heavy (non-hydrogen) atoms. The fourth-order valence-electron chi connectivity index (χ4n) is 3.37. The van der Waals surface area contributed by atoms with Crippen LogP contribution in [0, 0.1) is 0 Å². The molecular formula is C19H25N3O3. The molecule has 1 aromatic carbocycles. The van der Waals surface area contributed by atoms with Gasteiger partial charge < -0.3 is 19.9 Å². The van der Waals surface area contributed by atoms with Gasteiger partial charge in [-0.3, -0.25) is 9.59 Å². The molecule has 2 aliphatic rings. The number of rotatable bonds is 5. The minimum Gasteiger partial charge on any atom is -0.373 e. The zero-order chi connectivity index (χ0) is 17.6. The molecule has 2 saturated heterocycles. The van der Waals surface area contributed by atoms with Gasteiger partial charge in [-0.25, -0.2) is 0 Å². The Labute approximate surface area is 148 Å². The molecule has 134 valence electrons. The molecule has 0 aliphatic carbocycles. The summed E-state index contributed by atoms with van der Waals surface area (Å²) in [5, 5.41) is 2.96. The van der Waals surface area contributed by atoms with Crippen LogP contribution >= 0.6 is 0 Å². The maximum atomic E-state index is 12.6. The number of nitrogens with zero attached hydrogens (tertiary/aromatic N) is 2. The van der Waals surface area contributed by atoms with Crippen molar-refractivity contribution in [2.24, 2.45) is 0 Å². The number of benzene rings is 1. The first kappa shape index (κ1) is 17.5. The molecule has 2 aliphatic heterocycles. The zero-order valence-electron chi connectivity index (χ0n) is 14.4. The second kappa shape index (κ2) is 8.16. The van der Waals surface area contributed by atoms with Crippen LogP contribution < -0.4 is 10.2 Å². The van der Waals surface area contributed by atoms with Gasteiger partial charge in [0.1, 0.15) is 0 Å². The summed E-state index contributed by atoms with van der Waals surface area (Å²) in [6.45, 7) is 7.40. The number of hydrogen-bond acceptors (Lipinski definition) is 4. The van der Waals surface area contributed by atoms with Gasteiger partial charge in [0.2, 0.25) is 5.91 Å². The first-order chi connectivity index (χ1) is 12.2. The maximum Gasteiger partial charge on any atom is 0.253 e. The van der Waals surface area contributed by atoms with Crippen LogP contribution in [0.1, 0.15) is 23.2 Å². The largest absolute Gasteiger partial charge is 0.373 e. The van der Waals surface area contributed by atoms with Crippen molar-refractivity contribution in [1.82, 2.24) is 10.2 Å². The maximum absolute atomic E-state index is 12.6. The minimum atomic E-state index is -0.194. The predicted octanol–water partition coefficient (Wildman–Crippen LogP) is 1.43. The Kier molecular flexibility index (Phi) is 5.71. The predicted molar refractivity (Wildman–Crippen MR) is 96.7 cm³/mol. The van der Waals surface area contributed by atoms with Gasteiger partial charge in [0, 0.05) is 38.4 Å². The number of nitrogens with one attached hydrogen (secondary N) is 1. The number of morpholine rings is 1. The van der Waals surface area contributed by atoms with E-state index in [-0.39, 0.29) is 17.9 Å². The van der Waals surface area contributed by atoms with Crippen LogP contribution in [0.2, 0.25) is 0 Å². The highest BCUT2D eigenvalue weighted by Crippen LogP contribution is 2.24. The van der Waals surface area contributed by atoms with E-state index in [2.05, 4.69) is 16.8 Å². The van der Waals surface area contributed by atoms with E-state index in [9.17, 15) is 9.59 Å². The van der Waals surface area contributed by atoms with Crippen molar-refractivity contribution in [1.29, 1.82) is 0 Å². The van der Waals surface area contributed by atoms with Crippen molar-refractivity contribution in [3.05, 3.63) is 42.5 Å². The summed E-state index contributed by atoms with van der Waals surface area (Å²) in [4.78, 5) is 28.3. The lowest BCUT2D eigenvalue weighted by atomic mass is 10.1. The fraction of sp³-hybridized carbons (Fsp3) is 0.474. The van der Waals surface area contributed by atoms with Crippen molar-refractivity contribution in [2.75, 3.05) is 44.2 Å². The molecule has 3 rings (SSSR count). The Morgan fingerprint density at radius 3 is 2.76 bits per heavy atom. The first-order valence-electron chi connectivity index (χ1n) is 8.84. The lowest BCUT2D eigenvalue weighted by Gasteiger charge is -2.32. The summed E-state index contributed by atoms with van der Waals surface area (Å²) in [6.07, 6.45) is 3.45. The lowest BCUT2D eigenvalue weighted by molar-refractivity contribution is -0.133. The molecule has 0 spiro atoms. The molecule has 2 fully saturated rings. The molecule has 0 saturated carbocycles. The van der Waals surface area contributed by atoms with Crippen molar-refractivity contribution < 1.29 is 14.3 Å². The number of carbonyl (C=O) groups is 2. The standard InChI is InChI=1S/C19H25N3O3/c1-2-18(23)22-11-12-25-15(14-22)13-20-19(24)16-7-3-4-8-17(16)21-9-5-6-10-21/h2-4,7-8,15H,1,5-6,9-14H2,(H,20,24). The van der Waals surface area contributed by atoms with Gasteiger partial charge >= 0.3 is 0 Å². The highest BCUT2D eigenvalue weighted by molar-refractivity contribution is 5.99. The Bertz CT molecular complexity index is 641. The van der Waals surface area contributed by atoms with Gasteiger partial charge in [0.25, 0.3) is 5.91 Å². The quantitative estimate of drug-likeness (QED) is 0.822. The molecule has 1 atom stereocenters. The third kappa shape index (κ3) is 4.20. The van der Waals surface area contributed by atoms with Gasteiger partial charge in [0.05, 0.1) is 18.3 Å². The van der Waals surface area contributed by atoms with Crippen LogP contribution in [0.3, 0.4) is 0 Å². The van der Waals surface area contributed by atoms with Crippen LogP contribution in [0.4, 0.5) is 5.69 Å². The Morgan fingerprint density at radius 2 is 2.00 bits per heavy atom. The minimum absolute atomic E-state index is 0.0981. The van der Waals surface area contributed by atoms with Gasteiger partial charge in [-0.05, 0) is 31.1 Å². The molecule has 1 N–H and O–H groups in total. The Balaban J connectivity index is 1.59. The van der Waals surface area contributed by atoms with Crippen molar-refractivity contribution in [3.8, 4) is 0 Å². The van der Waals surface area contributed by atoms with Gasteiger partial charge in [-0.1, -0.05) is 18.7 Å². The summed E-state index contributed by atoms with van der Waals surface area (Å²) in [5.41, 5.74) is 1.68. The smallest absolute Gasteiger partial charge is 0.253 e. The van der Waals surface area contributed by atoms with Crippen LogP contribution in [0.25, 0.3) is 0 Å². The molecular weight excluding hydrogens is 318 g/mol. The SMILES string of the molecule is C=CC(=O)N1CCOC(CNC(=O)c2ccccc2N2CCCC2)C1. The van der Waals surface area contributed by atoms with Gasteiger partial charge in [0.15, 0.2) is 0 Å². The van der Waals surface area contributed by atoms with Crippen molar-refractivity contribution in [2.45, 2.75) is 18.9 Å². The van der Waals surface area contributed by atoms with E-state index < -0.39 is 0 Å². The molecule has 6 nitrogen and oxygen atoms in total. The highest BCUT2D eigenvalue weighted by atomic mass is 16.5. The molecule has 1 unspecified atom stereocenters. The van der Waals surface area contributed by atoms with Crippen LogP contribution in [0.5, 0.6) is 0 Å². The van der Waals surface area contributed by atoms with E-state index >= 15 is 0 Å². The van der Waals surface area contributed by atoms with E-state index in [1.165, 1.54) is 18.9 Å². The summed E-state index contributed by atoms with van der Waals surface area (Å²) in [5.74, 6) is -0.197. The molecule has 0 radical (unpaired) electrons. The van der Waals surface area contributed by atoms with E-state index in [1.807, 2.05) is 24.3 Å². The molecule has 0 bridgehead atoms. The molecule has 1 aromatic rings. The van der Waals surface area contributed by atoms with E-state index in [4.69, 9.17) is 4.74 Å². The summed E-state index contributed by atoms with van der Waals surface area (Å²) in [7, 11) is 0. The normalized spacial score (nSPS) is 20.4. The number of hydrogen-bond donors (Lipinski definition) is 1. The van der Waals surface area contributed by atoms with Crippen molar-refractivity contribution in [3.63, 3.8) is 0 Å². The summed E-state index contributed by atoms with van der Waals surface area (Å²) >= 11 is 0. The summed E-state index contributed by atoms with van der Waals surface area (Å²) in [6, 6.07) is 7.71. The lowest BCUT2D eigenvalue weighted by Crippen LogP contribution is -2.49. The zero-order valence-corrected chi connectivity index (χ0v) is 14.4. The number of para-hydroxylation sites is 1. The molecule has 0 aromatic heterocycles. The number of amides is 2. The molecule has 6 heteroatoms. The Hall–Kier alpha value is -2.34. The highest BCUT2D eigenvalue weighted by Gasteiger charge is 2.24. The van der Waals surface area contributed by atoms with Gasteiger partial charge in [-0.2, -0.15) is 0 Å².